The van der Waals surface area contributed by atoms with Gasteiger partial charge in [0.25, 0.3) is 5.91 Å². The first-order chi connectivity index (χ1) is 17.3. The summed E-state index contributed by atoms with van der Waals surface area (Å²) in [5, 5.41) is 0. The van der Waals surface area contributed by atoms with E-state index in [0.717, 1.165) is 55.5 Å². The van der Waals surface area contributed by atoms with Gasteiger partial charge in [-0.2, -0.15) is 0 Å². The second-order valence-corrected chi connectivity index (χ2v) is 9.39. The predicted molar refractivity (Wildman–Crippen MR) is 147 cm³/mol. The SMILES string of the molecule is C=C(/C=C1/N=C(C(=O)N2CCCCCC2C)C=C(CC)N1C)c1ccc2c(c1F)OCC(C)=C2.CC. The molecule has 3 aliphatic rings. The molecule has 4 rings (SSSR count). The van der Waals surface area contributed by atoms with Crippen LogP contribution >= 0.6 is 0 Å². The summed E-state index contributed by atoms with van der Waals surface area (Å²) in [6.07, 6.45) is 10.6. The molecule has 0 saturated carbocycles. The third kappa shape index (κ3) is 5.80. The molecule has 6 heteroatoms. The summed E-state index contributed by atoms with van der Waals surface area (Å²) in [6, 6.07) is 3.77. The first-order valence-corrected chi connectivity index (χ1v) is 13.2. The average molecular weight is 494 g/mol. The van der Waals surface area contributed by atoms with Crippen LogP contribution in [0.2, 0.25) is 0 Å². The second kappa shape index (κ2) is 12.2. The van der Waals surface area contributed by atoms with Crippen LogP contribution in [0, 0.1) is 5.82 Å². The van der Waals surface area contributed by atoms with E-state index in [0.29, 0.717) is 29.3 Å². The highest BCUT2D eigenvalue weighted by molar-refractivity contribution is 6.43. The lowest BCUT2D eigenvalue weighted by Gasteiger charge is -2.31. The molecule has 0 aliphatic carbocycles. The van der Waals surface area contributed by atoms with Crippen LogP contribution in [-0.2, 0) is 4.79 Å². The summed E-state index contributed by atoms with van der Waals surface area (Å²) in [5.74, 6) is 0.360. The number of ether oxygens (including phenoxy) is 1. The van der Waals surface area contributed by atoms with Gasteiger partial charge in [0.1, 0.15) is 18.1 Å². The van der Waals surface area contributed by atoms with Crippen LogP contribution in [0.3, 0.4) is 0 Å². The predicted octanol–water partition coefficient (Wildman–Crippen LogP) is 6.97. The van der Waals surface area contributed by atoms with Gasteiger partial charge in [0.15, 0.2) is 11.6 Å². The number of likely N-dealkylation sites (tertiary alicyclic amines) is 1. The first-order valence-electron chi connectivity index (χ1n) is 13.2. The van der Waals surface area contributed by atoms with Crippen molar-refractivity contribution in [1.82, 2.24) is 9.80 Å². The zero-order valence-electron chi connectivity index (χ0n) is 22.7. The number of hydrogen-bond acceptors (Lipinski definition) is 4. The molecule has 5 nitrogen and oxygen atoms in total. The Morgan fingerprint density at radius 2 is 2.00 bits per heavy atom. The fraction of sp³-hybridized carbons (Fsp3) is 0.467. The van der Waals surface area contributed by atoms with Crippen LogP contribution in [0.25, 0.3) is 11.6 Å². The maximum Gasteiger partial charge on any atom is 0.272 e. The van der Waals surface area contributed by atoms with Gasteiger partial charge in [0.05, 0.1) is 0 Å². The Balaban J connectivity index is 0.00000176. The minimum Gasteiger partial charge on any atom is -0.486 e. The molecule has 36 heavy (non-hydrogen) atoms. The minimum atomic E-state index is -0.425. The Kier molecular flexibility index (Phi) is 9.30. The molecule has 1 unspecified atom stereocenters. The Morgan fingerprint density at radius 3 is 2.72 bits per heavy atom. The van der Waals surface area contributed by atoms with Crippen LogP contribution < -0.4 is 4.74 Å². The number of aliphatic imine (C=N–C) groups is 1. The summed E-state index contributed by atoms with van der Waals surface area (Å²) < 4.78 is 20.9. The lowest BCUT2D eigenvalue weighted by atomic mass is 10.0. The van der Waals surface area contributed by atoms with E-state index < -0.39 is 5.82 Å². The number of fused-ring (bicyclic) bond motifs is 1. The molecule has 0 radical (unpaired) electrons. The van der Waals surface area contributed by atoms with Crippen molar-refractivity contribution in [2.75, 3.05) is 20.2 Å². The summed E-state index contributed by atoms with van der Waals surface area (Å²) in [4.78, 5) is 22.0. The molecule has 1 aromatic carbocycles. The van der Waals surface area contributed by atoms with Gasteiger partial charge in [-0.05, 0) is 62.5 Å². The molecule has 1 atom stereocenters. The molecular weight excluding hydrogens is 453 g/mol. The van der Waals surface area contributed by atoms with Crippen LogP contribution in [0.5, 0.6) is 5.75 Å². The molecule has 1 aromatic rings. The van der Waals surface area contributed by atoms with E-state index in [1.54, 1.807) is 12.1 Å². The fourth-order valence-electron chi connectivity index (χ4n) is 4.74. The molecule has 1 fully saturated rings. The van der Waals surface area contributed by atoms with E-state index in [1.807, 2.05) is 62.8 Å². The number of halogens is 1. The average Bonchev–Trinajstić information content (AvgIpc) is 3.10. The van der Waals surface area contributed by atoms with E-state index in [2.05, 4.69) is 13.5 Å². The number of amides is 1. The Bertz CT molecular complexity index is 1130. The van der Waals surface area contributed by atoms with E-state index in [-0.39, 0.29) is 17.7 Å². The Morgan fingerprint density at radius 1 is 1.25 bits per heavy atom. The number of rotatable bonds is 4. The number of benzene rings is 1. The van der Waals surface area contributed by atoms with Crippen LogP contribution in [0.1, 0.15) is 77.8 Å². The summed E-state index contributed by atoms with van der Waals surface area (Å²) in [5.41, 5.74) is 4.03. The summed E-state index contributed by atoms with van der Waals surface area (Å²) >= 11 is 0. The van der Waals surface area contributed by atoms with Crippen LogP contribution in [0.15, 0.2) is 52.9 Å². The molecule has 0 bridgehead atoms. The van der Waals surface area contributed by atoms with Gasteiger partial charge in [0.2, 0.25) is 0 Å². The van der Waals surface area contributed by atoms with Crippen molar-refractivity contribution in [2.45, 2.75) is 72.8 Å². The molecule has 3 aliphatic heterocycles. The molecule has 1 amide bonds. The van der Waals surface area contributed by atoms with Gasteiger partial charge in [-0.15, -0.1) is 0 Å². The highest BCUT2D eigenvalue weighted by Crippen LogP contribution is 2.35. The number of carbonyl (C=O) groups excluding carboxylic acids is 1. The lowest BCUT2D eigenvalue weighted by Crippen LogP contribution is -2.43. The van der Waals surface area contributed by atoms with E-state index >= 15 is 4.39 Å². The van der Waals surface area contributed by atoms with Gasteiger partial charge in [-0.1, -0.05) is 52.3 Å². The molecular formula is C30H40FN3O2. The Labute approximate surface area is 215 Å². The van der Waals surface area contributed by atoms with Crippen LogP contribution in [0.4, 0.5) is 4.39 Å². The molecule has 0 aromatic heterocycles. The van der Waals surface area contributed by atoms with Crippen LogP contribution in [-0.4, -0.2) is 47.7 Å². The van der Waals surface area contributed by atoms with Gasteiger partial charge in [0, 0.05) is 36.5 Å². The van der Waals surface area contributed by atoms with Crippen molar-refractivity contribution in [3.8, 4) is 5.75 Å². The smallest absolute Gasteiger partial charge is 0.272 e. The maximum atomic E-state index is 15.3. The van der Waals surface area contributed by atoms with E-state index in [9.17, 15) is 4.79 Å². The largest absolute Gasteiger partial charge is 0.486 e. The lowest BCUT2D eigenvalue weighted by molar-refractivity contribution is -0.125. The van der Waals surface area contributed by atoms with Crippen molar-refractivity contribution >= 4 is 23.3 Å². The highest BCUT2D eigenvalue weighted by atomic mass is 19.1. The molecule has 0 spiro atoms. The molecule has 194 valence electrons. The van der Waals surface area contributed by atoms with E-state index in [1.165, 1.54) is 0 Å². The van der Waals surface area contributed by atoms with Crippen molar-refractivity contribution in [1.29, 1.82) is 0 Å². The zero-order valence-corrected chi connectivity index (χ0v) is 22.7. The third-order valence-electron chi connectivity index (χ3n) is 6.83. The van der Waals surface area contributed by atoms with Crippen molar-refractivity contribution in [3.05, 3.63) is 64.9 Å². The standard InChI is InChI=1S/C28H34FN3O2.C2H6/c1-6-22-16-24(28(33)32-13-9-7-8-10-20(32)4)30-25(31(22)5)15-19(3)23-12-11-21-14-18(2)17-34-27(21)26(23)29;1-2/h11-12,14-16,20H,3,6-10,13,17H2,1-2,4-5H3;1-2H3/b25-15-;. The topological polar surface area (TPSA) is 45.1 Å². The number of allylic oxidation sites excluding steroid dienone is 3. The fourth-order valence-corrected chi connectivity index (χ4v) is 4.74. The highest BCUT2D eigenvalue weighted by Gasteiger charge is 2.28. The molecule has 0 N–H and O–H groups in total. The zero-order chi connectivity index (χ0) is 26.4. The van der Waals surface area contributed by atoms with E-state index in [4.69, 9.17) is 9.73 Å². The monoisotopic (exact) mass is 493 g/mol. The number of carbonyl (C=O) groups is 1. The van der Waals surface area contributed by atoms with Crippen molar-refractivity contribution in [2.24, 2.45) is 4.99 Å². The van der Waals surface area contributed by atoms with Gasteiger partial charge >= 0.3 is 0 Å². The second-order valence-electron chi connectivity index (χ2n) is 9.39. The third-order valence-corrected chi connectivity index (χ3v) is 6.83. The van der Waals surface area contributed by atoms with Gasteiger partial charge in [-0.3, -0.25) is 4.79 Å². The summed E-state index contributed by atoms with van der Waals surface area (Å²) in [7, 11) is 1.91. The number of hydrogen-bond donors (Lipinski definition) is 0. The molecule has 3 heterocycles. The normalized spacial score (nSPS) is 20.7. The van der Waals surface area contributed by atoms with Gasteiger partial charge in [-0.25, -0.2) is 9.38 Å². The Hall–Kier alpha value is -3.15. The van der Waals surface area contributed by atoms with Crippen molar-refractivity contribution in [3.63, 3.8) is 0 Å². The molecule has 1 saturated heterocycles. The summed E-state index contributed by atoms with van der Waals surface area (Å²) in [6.45, 7) is 15.4. The van der Waals surface area contributed by atoms with Gasteiger partial charge < -0.3 is 14.5 Å². The maximum absolute atomic E-state index is 15.3. The minimum absolute atomic E-state index is 0.0412. The number of nitrogens with zero attached hydrogens (tertiary/aromatic N) is 3. The van der Waals surface area contributed by atoms with Crippen molar-refractivity contribution < 1.29 is 13.9 Å². The first kappa shape index (κ1) is 27.4. The quantitative estimate of drug-likeness (QED) is 0.455.